The van der Waals surface area contributed by atoms with Crippen molar-refractivity contribution in [1.82, 2.24) is 4.72 Å². The van der Waals surface area contributed by atoms with Gasteiger partial charge in [0.05, 0.1) is 45.3 Å². The van der Waals surface area contributed by atoms with E-state index in [2.05, 4.69) is 55.7 Å². The second-order valence-electron chi connectivity index (χ2n) is 15.0. The molecule has 0 fully saturated rings. The summed E-state index contributed by atoms with van der Waals surface area (Å²) in [5, 5.41) is 0. The maximum absolute atomic E-state index is 12.5. The molecule has 0 saturated carbocycles. The van der Waals surface area contributed by atoms with Crippen LogP contribution in [0.25, 0.3) is 0 Å². The molecule has 0 bridgehead atoms. The predicted octanol–water partition coefficient (Wildman–Crippen LogP) is 4.55. The third kappa shape index (κ3) is 26.3. The first kappa shape index (κ1) is 50.8. The van der Waals surface area contributed by atoms with Crippen LogP contribution in [0.4, 0.5) is 0 Å². The minimum absolute atomic E-state index is 0. The van der Waals surface area contributed by atoms with Gasteiger partial charge < -0.3 is 37.3 Å². The van der Waals surface area contributed by atoms with Crippen molar-refractivity contribution in [3.05, 3.63) is 31.2 Å². The minimum atomic E-state index is -1.84. The number of hydrogen-bond acceptors (Lipinski definition) is 6. The second kappa shape index (κ2) is 23.8. The zero-order valence-corrected chi connectivity index (χ0v) is 37.1. The van der Waals surface area contributed by atoms with Crippen molar-refractivity contribution < 1.29 is 39.2 Å². The Hall–Kier alpha value is 0.420. The maximum Gasteiger partial charge on any atom is 2.00 e. The Bertz CT molecular complexity index is 966. The van der Waals surface area contributed by atoms with E-state index in [1.165, 1.54) is 0 Å². The van der Waals surface area contributed by atoms with Crippen molar-refractivity contribution in [2.45, 2.75) is 167 Å². The fraction of sp³-hybridized carbons (Fsp3) is 0.812. The molecule has 0 aromatic rings. The van der Waals surface area contributed by atoms with E-state index in [0.717, 1.165) is 31.7 Å². The number of nitrogens with zero attached hydrogens (tertiary/aromatic N) is 1. The molecule has 0 unspecified atom stereocenters. The van der Waals surface area contributed by atoms with E-state index >= 15 is 0 Å². The Kier molecular flexibility index (Phi) is 26.2. The van der Waals surface area contributed by atoms with Gasteiger partial charge in [0.1, 0.15) is 23.2 Å². The molecule has 2 heterocycles. The van der Waals surface area contributed by atoms with Gasteiger partial charge in [0, 0.05) is 20.5 Å². The minimum Gasteiger partial charge on any atom is -1.00 e. The monoisotopic (exact) mass is 752 g/mol. The molecule has 8 nitrogen and oxygen atoms in total. The molecule has 14 heteroatoms. The molecular weight excluding hydrogens is 688 g/mol. The summed E-state index contributed by atoms with van der Waals surface area (Å²) in [7, 11) is -5.59. The molecule has 268 valence electrons. The maximum atomic E-state index is 12.5. The standard InChI is InChI=1S/C16H33NO3SSi.C10H17NO2S.C6H15OSi.ClH.Mg/c1-13(2)20-22(6,7)12-14(15-10-8-9-11-19-15)17-21(18)16(3,4)5;1-10(2,3)14(12)11-8-9-6-4-5-7-13-9;1-6(2)7-8(3,4)5;;/h9,11,13-15,17H,8,10,12H2,1-7H3;5,7-9H,4,6H2,1-3H3;6H,3H2,1-2,4-5H3;1H;/q;;-1;;+2/p-1/t14-,15+,21-;9-,14+;;;/m10.../s1. The van der Waals surface area contributed by atoms with Crippen molar-refractivity contribution >= 4 is 67.9 Å². The van der Waals surface area contributed by atoms with Gasteiger partial charge in [-0.05, 0) is 126 Å². The zero-order valence-electron chi connectivity index (χ0n) is 31.3. The van der Waals surface area contributed by atoms with Crippen LogP contribution < -0.4 is 17.1 Å². The number of ether oxygens (including phenoxy) is 2. The third-order valence-electron chi connectivity index (χ3n) is 5.87. The van der Waals surface area contributed by atoms with Crippen LogP contribution in [0.15, 0.2) is 29.1 Å². The Morgan fingerprint density at radius 2 is 1.41 bits per heavy atom. The molecule has 0 radical (unpaired) electrons. The van der Waals surface area contributed by atoms with Crippen LogP contribution >= 0.6 is 0 Å². The average molecular weight is 754 g/mol. The third-order valence-corrected chi connectivity index (χ3v) is 12.5. The fourth-order valence-corrected chi connectivity index (χ4v) is 9.86. The fourth-order valence-electron chi connectivity index (χ4n) is 4.21. The van der Waals surface area contributed by atoms with Crippen LogP contribution in [0.5, 0.6) is 0 Å². The summed E-state index contributed by atoms with van der Waals surface area (Å²) in [5.74, 6) is 0. The molecule has 2 aliphatic heterocycles. The topological polar surface area (TPSA) is 95.5 Å². The summed E-state index contributed by atoms with van der Waals surface area (Å²) < 4.78 is 53.5. The molecule has 0 amide bonds. The number of nitrogens with one attached hydrogen (secondary N) is 1. The van der Waals surface area contributed by atoms with Crippen LogP contribution in [0.1, 0.15) is 94.9 Å². The van der Waals surface area contributed by atoms with Crippen molar-refractivity contribution in [2.24, 2.45) is 4.40 Å². The van der Waals surface area contributed by atoms with E-state index in [1.54, 1.807) is 18.7 Å². The predicted molar refractivity (Wildman–Crippen MR) is 201 cm³/mol. The van der Waals surface area contributed by atoms with Crippen LogP contribution in [-0.2, 0) is 40.3 Å². The normalized spacial score (nSPS) is 20.5. The van der Waals surface area contributed by atoms with Crippen LogP contribution in [0.2, 0.25) is 32.2 Å². The Balaban J connectivity index is -0.000000662. The van der Waals surface area contributed by atoms with Crippen LogP contribution in [0.3, 0.4) is 0 Å². The number of rotatable bonds is 11. The molecule has 0 aliphatic carbocycles. The molecule has 2 rings (SSSR count). The molecular formula is C32H65ClMgN2O6S2Si2. The second-order valence-corrected chi connectivity index (χ2v) is 26.9. The van der Waals surface area contributed by atoms with E-state index in [-0.39, 0.29) is 69.3 Å². The molecule has 0 saturated heterocycles. The van der Waals surface area contributed by atoms with Gasteiger partial charge in [-0.2, -0.15) is 4.40 Å². The molecule has 0 aromatic heterocycles. The zero-order chi connectivity index (χ0) is 34.4. The summed E-state index contributed by atoms with van der Waals surface area (Å²) in [6, 6.07) is 0.955. The number of hydrogen-bond donors (Lipinski definition) is 1. The summed E-state index contributed by atoms with van der Waals surface area (Å²) in [6.07, 6.45) is 13.7. The summed E-state index contributed by atoms with van der Waals surface area (Å²) in [6.45, 7) is 32.5. The van der Waals surface area contributed by atoms with Gasteiger partial charge in [-0.1, -0.05) is 13.1 Å². The van der Waals surface area contributed by atoms with E-state index in [4.69, 9.17) is 18.3 Å². The molecule has 1 N–H and O–H groups in total. The summed E-state index contributed by atoms with van der Waals surface area (Å²) in [5.41, 5.74) is 0. The largest absolute Gasteiger partial charge is 2.00 e. The van der Waals surface area contributed by atoms with E-state index in [0.29, 0.717) is 6.10 Å². The first-order chi connectivity index (χ1) is 19.9. The number of halogens is 1. The van der Waals surface area contributed by atoms with Crippen LogP contribution in [0, 0.1) is 6.55 Å². The van der Waals surface area contributed by atoms with Gasteiger partial charge >= 0.3 is 23.1 Å². The average Bonchev–Trinajstić information content (AvgIpc) is 2.85. The first-order valence-corrected chi connectivity index (χ1v) is 24.4. The van der Waals surface area contributed by atoms with Gasteiger partial charge in [-0.3, -0.25) is 0 Å². The summed E-state index contributed by atoms with van der Waals surface area (Å²) >= 11 is 0. The van der Waals surface area contributed by atoms with Crippen molar-refractivity contribution in [2.75, 3.05) is 0 Å². The smallest absolute Gasteiger partial charge is 1.00 e. The van der Waals surface area contributed by atoms with E-state index < -0.39 is 38.6 Å². The van der Waals surface area contributed by atoms with Crippen molar-refractivity contribution in [3.63, 3.8) is 0 Å². The van der Waals surface area contributed by atoms with Gasteiger partial charge in [0.25, 0.3) is 0 Å². The summed E-state index contributed by atoms with van der Waals surface area (Å²) in [4.78, 5) is 0. The number of allylic oxidation sites excluding steroid dienone is 2. The Labute approximate surface area is 312 Å². The van der Waals surface area contributed by atoms with Crippen molar-refractivity contribution in [1.29, 1.82) is 0 Å². The SMILES string of the molecule is CC(C)(C)[S@@](=O)N=C[C@@H]1CCC=CO1.CC(C)O[Si](C)(C)C[C@@H](N[S@](=O)C(C)(C)C)[C@@H]1CCC=CO1.[CH2-][Si](C)(C)OC(C)C.[Cl-].[Mg+2]. The van der Waals surface area contributed by atoms with E-state index in [9.17, 15) is 8.42 Å². The van der Waals surface area contributed by atoms with Crippen molar-refractivity contribution in [3.8, 4) is 0 Å². The Morgan fingerprint density at radius 1 is 0.913 bits per heavy atom. The molecule has 46 heavy (non-hydrogen) atoms. The van der Waals surface area contributed by atoms with Crippen LogP contribution in [-0.4, -0.2) is 94.3 Å². The molecule has 2 aliphatic rings. The first-order valence-electron chi connectivity index (χ1n) is 15.9. The Morgan fingerprint density at radius 3 is 1.76 bits per heavy atom. The molecule has 0 spiro atoms. The van der Waals surface area contributed by atoms with E-state index in [1.807, 2.05) is 67.5 Å². The van der Waals surface area contributed by atoms with Gasteiger partial charge in [0.15, 0.2) is 8.32 Å². The quantitative estimate of drug-likeness (QED) is 0.189. The van der Waals surface area contributed by atoms with Gasteiger partial charge in [0.2, 0.25) is 0 Å². The van der Waals surface area contributed by atoms with Gasteiger partial charge in [-0.15, -0.1) is 0 Å². The van der Waals surface area contributed by atoms with Gasteiger partial charge in [-0.25, -0.2) is 13.1 Å². The molecule has 0 aromatic carbocycles. The molecule has 5 atom stereocenters.